The Bertz CT molecular complexity index is 1100. The molecule has 1 aromatic carbocycles. The Labute approximate surface area is 142 Å². The number of aromatic amines is 1. The van der Waals surface area contributed by atoms with Crippen molar-refractivity contribution in [3.8, 4) is 22.5 Å². The third-order valence-electron chi connectivity index (χ3n) is 3.77. The number of alkyl halides is 3. The van der Waals surface area contributed by atoms with Gasteiger partial charge in [0.05, 0.1) is 23.1 Å². The van der Waals surface area contributed by atoms with Crippen molar-refractivity contribution in [2.45, 2.75) is 6.18 Å². The summed E-state index contributed by atoms with van der Waals surface area (Å²) in [6.07, 6.45) is -2.07. The Morgan fingerprint density at radius 1 is 1.00 bits per heavy atom. The Morgan fingerprint density at radius 2 is 1.81 bits per heavy atom. The second-order valence-corrected chi connectivity index (χ2v) is 5.42. The van der Waals surface area contributed by atoms with Crippen LogP contribution < -0.4 is 0 Å². The molecule has 10 heteroatoms. The van der Waals surface area contributed by atoms with E-state index in [4.69, 9.17) is 0 Å². The van der Waals surface area contributed by atoms with Crippen LogP contribution >= 0.6 is 0 Å². The van der Waals surface area contributed by atoms with Crippen LogP contribution in [0.1, 0.15) is 5.69 Å². The second-order valence-electron chi connectivity index (χ2n) is 5.42. The average molecular weight is 365 g/mol. The largest absolute Gasteiger partial charge is 0.433 e. The lowest BCUT2D eigenvalue weighted by Crippen LogP contribution is -2.13. The number of rotatable bonds is 2. The molecule has 0 atom stereocenters. The average Bonchev–Trinajstić information content (AvgIpc) is 3.24. The first-order valence-electron chi connectivity index (χ1n) is 7.26. The molecular formula is C16H8F5N5. The zero-order chi connectivity index (χ0) is 18.5. The first-order valence-corrected chi connectivity index (χ1v) is 7.26. The quantitative estimate of drug-likeness (QED) is 0.545. The van der Waals surface area contributed by atoms with Crippen molar-refractivity contribution >= 4 is 5.65 Å². The zero-order valence-electron chi connectivity index (χ0n) is 12.7. The second kappa shape index (κ2) is 5.61. The molecule has 0 spiro atoms. The fourth-order valence-electron chi connectivity index (χ4n) is 2.56. The van der Waals surface area contributed by atoms with Crippen LogP contribution in [0.15, 0.2) is 42.7 Å². The Morgan fingerprint density at radius 3 is 2.46 bits per heavy atom. The van der Waals surface area contributed by atoms with Gasteiger partial charge in [-0.1, -0.05) is 0 Å². The van der Waals surface area contributed by atoms with Crippen molar-refractivity contribution in [2.24, 2.45) is 0 Å². The van der Waals surface area contributed by atoms with E-state index in [9.17, 15) is 22.0 Å². The Balaban J connectivity index is 2.02. The summed E-state index contributed by atoms with van der Waals surface area (Å²) < 4.78 is 67.7. The van der Waals surface area contributed by atoms with E-state index in [1.807, 2.05) is 0 Å². The van der Waals surface area contributed by atoms with Crippen molar-refractivity contribution in [1.29, 1.82) is 0 Å². The van der Waals surface area contributed by atoms with Crippen LogP contribution in [0.4, 0.5) is 22.0 Å². The van der Waals surface area contributed by atoms with E-state index in [2.05, 4.69) is 20.3 Å². The smallest absolute Gasteiger partial charge is 0.278 e. The summed E-state index contributed by atoms with van der Waals surface area (Å²) in [5.74, 6) is -2.28. The maximum Gasteiger partial charge on any atom is 0.433 e. The number of hydrogen-bond acceptors (Lipinski definition) is 3. The third kappa shape index (κ3) is 2.59. The van der Waals surface area contributed by atoms with Gasteiger partial charge in [-0.15, -0.1) is 0 Å². The number of nitrogens with zero attached hydrogens (tertiary/aromatic N) is 4. The molecule has 5 nitrogen and oxygen atoms in total. The molecule has 26 heavy (non-hydrogen) atoms. The first-order chi connectivity index (χ1) is 12.3. The normalized spacial score (nSPS) is 12.0. The topological polar surface area (TPSA) is 58.9 Å². The minimum absolute atomic E-state index is 0.00802. The van der Waals surface area contributed by atoms with E-state index >= 15 is 0 Å². The molecule has 3 aromatic heterocycles. The summed E-state index contributed by atoms with van der Waals surface area (Å²) in [6, 6.07) is 5.07. The highest BCUT2D eigenvalue weighted by Gasteiger charge is 2.35. The Hall–Kier alpha value is -3.30. The van der Waals surface area contributed by atoms with Crippen LogP contribution in [-0.2, 0) is 6.18 Å². The van der Waals surface area contributed by atoms with E-state index in [1.54, 1.807) is 6.07 Å². The van der Waals surface area contributed by atoms with E-state index < -0.39 is 23.5 Å². The van der Waals surface area contributed by atoms with E-state index in [1.165, 1.54) is 12.4 Å². The molecule has 0 saturated heterocycles. The molecule has 0 amide bonds. The van der Waals surface area contributed by atoms with E-state index in [-0.39, 0.29) is 22.5 Å². The van der Waals surface area contributed by atoms with Gasteiger partial charge in [0, 0.05) is 11.8 Å². The van der Waals surface area contributed by atoms with Crippen molar-refractivity contribution in [1.82, 2.24) is 24.8 Å². The monoisotopic (exact) mass is 365 g/mol. The molecule has 132 valence electrons. The predicted octanol–water partition coefficient (Wildman–Crippen LogP) is 4.08. The molecule has 0 radical (unpaired) electrons. The zero-order valence-corrected chi connectivity index (χ0v) is 12.7. The van der Waals surface area contributed by atoms with Crippen LogP contribution in [0.2, 0.25) is 0 Å². The molecule has 0 aliphatic rings. The highest BCUT2D eigenvalue weighted by Crippen LogP contribution is 2.34. The number of fused-ring (bicyclic) bond motifs is 1. The van der Waals surface area contributed by atoms with E-state index in [0.29, 0.717) is 10.2 Å². The van der Waals surface area contributed by atoms with E-state index in [0.717, 1.165) is 24.3 Å². The molecule has 4 aromatic rings. The van der Waals surface area contributed by atoms with Crippen LogP contribution in [0.5, 0.6) is 0 Å². The first kappa shape index (κ1) is 16.2. The van der Waals surface area contributed by atoms with Gasteiger partial charge in [-0.05, 0) is 30.3 Å². The summed E-state index contributed by atoms with van der Waals surface area (Å²) >= 11 is 0. The fraction of sp³-hybridized carbons (Fsp3) is 0.0625. The maximum absolute atomic E-state index is 13.5. The number of halogens is 5. The van der Waals surface area contributed by atoms with Gasteiger partial charge in [0.1, 0.15) is 0 Å². The standard InChI is InChI=1S/C16H8F5N5/c17-10-2-1-8(5-11(10)18)13-6-14(16(19,20)21)26-15(24-13)9(7-23-26)12-3-4-22-25-12/h1-7H,(H,22,25). The van der Waals surface area contributed by atoms with Crippen LogP contribution in [0.3, 0.4) is 0 Å². The van der Waals surface area contributed by atoms with Gasteiger partial charge < -0.3 is 0 Å². The molecule has 0 aliphatic heterocycles. The number of benzene rings is 1. The lowest BCUT2D eigenvalue weighted by molar-refractivity contribution is -0.142. The van der Waals surface area contributed by atoms with Gasteiger partial charge in [0.25, 0.3) is 0 Å². The van der Waals surface area contributed by atoms with Gasteiger partial charge in [-0.3, -0.25) is 5.10 Å². The van der Waals surface area contributed by atoms with Crippen LogP contribution in [-0.4, -0.2) is 24.8 Å². The summed E-state index contributed by atoms with van der Waals surface area (Å²) in [4.78, 5) is 4.17. The molecule has 0 bridgehead atoms. The van der Waals surface area contributed by atoms with Crippen LogP contribution in [0, 0.1) is 11.6 Å². The van der Waals surface area contributed by atoms with Gasteiger partial charge in [-0.25, -0.2) is 18.3 Å². The number of H-pyrrole nitrogens is 1. The van der Waals surface area contributed by atoms with Gasteiger partial charge in [0.15, 0.2) is 23.0 Å². The van der Waals surface area contributed by atoms with Gasteiger partial charge >= 0.3 is 6.18 Å². The third-order valence-corrected chi connectivity index (χ3v) is 3.77. The summed E-state index contributed by atoms with van der Waals surface area (Å²) in [5.41, 5.74) is -0.629. The highest BCUT2D eigenvalue weighted by molar-refractivity contribution is 5.76. The number of hydrogen-bond donors (Lipinski definition) is 1. The summed E-state index contributed by atoms with van der Waals surface area (Å²) in [6.45, 7) is 0. The van der Waals surface area contributed by atoms with Gasteiger partial charge in [-0.2, -0.15) is 23.4 Å². The molecule has 0 aliphatic carbocycles. The summed E-state index contributed by atoms with van der Waals surface area (Å²) in [7, 11) is 0. The van der Waals surface area contributed by atoms with Crippen molar-refractivity contribution in [2.75, 3.05) is 0 Å². The predicted molar refractivity (Wildman–Crippen MR) is 80.9 cm³/mol. The molecule has 0 unspecified atom stereocenters. The minimum Gasteiger partial charge on any atom is -0.278 e. The maximum atomic E-state index is 13.5. The van der Waals surface area contributed by atoms with Crippen molar-refractivity contribution in [3.05, 3.63) is 60.1 Å². The SMILES string of the molecule is Fc1ccc(-c2cc(C(F)(F)F)n3ncc(-c4ccn[nH]4)c3n2)cc1F. The molecule has 0 saturated carbocycles. The Kier molecular flexibility index (Phi) is 3.49. The molecule has 3 heterocycles. The highest BCUT2D eigenvalue weighted by atomic mass is 19.4. The van der Waals surface area contributed by atoms with Crippen molar-refractivity contribution < 1.29 is 22.0 Å². The molecular weight excluding hydrogens is 357 g/mol. The lowest BCUT2D eigenvalue weighted by atomic mass is 10.1. The van der Waals surface area contributed by atoms with Crippen molar-refractivity contribution in [3.63, 3.8) is 0 Å². The summed E-state index contributed by atoms with van der Waals surface area (Å²) in [5, 5.41) is 10.1. The number of aromatic nitrogens is 5. The minimum atomic E-state index is -4.73. The lowest BCUT2D eigenvalue weighted by Gasteiger charge is -2.11. The van der Waals surface area contributed by atoms with Crippen LogP contribution in [0.25, 0.3) is 28.2 Å². The fourth-order valence-corrected chi connectivity index (χ4v) is 2.56. The molecule has 0 fully saturated rings. The van der Waals surface area contributed by atoms with Gasteiger partial charge in [0.2, 0.25) is 0 Å². The molecule has 4 rings (SSSR count). The molecule has 1 N–H and O–H groups in total. The number of nitrogens with one attached hydrogen (secondary N) is 1.